The monoisotopic (exact) mass is 493 g/mol. The molecule has 0 unspecified atom stereocenters. The summed E-state index contributed by atoms with van der Waals surface area (Å²) in [6.07, 6.45) is 3.79. The summed E-state index contributed by atoms with van der Waals surface area (Å²) in [5, 5.41) is 0. The molecule has 0 saturated carbocycles. The van der Waals surface area contributed by atoms with Crippen molar-refractivity contribution in [3.8, 4) is 0 Å². The van der Waals surface area contributed by atoms with E-state index in [1.54, 1.807) is 29.0 Å². The number of hydrogen-bond donors (Lipinski definition) is 0. The molecule has 0 fully saturated rings. The van der Waals surface area contributed by atoms with Crippen LogP contribution in [-0.2, 0) is 34.0 Å². The molecule has 0 aliphatic heterocycles. The molecule has 0 bridgehead atoms. The first-order valence-corrected chi connectivity index (χ1v) is 12.5. The molecule has 3 rings (SSSR count). The van der Waals surface area contributed by atoms with Gasteiger partial charge in [-0.05, 0) is 48.2 Å². The van der Waals surface area contributed by atoms with Gasteiger partial charge in [0.1, 0.15) is 5.82 Å². The van der Waals surface area contributed by atoms with Gasteiger partial charge in [0.2, 0.25) is 11.8 Å². The van der Waals surface area contributed by atoms with E-state index in [-0.39, 0.29) is 24.2 Å². The average Bonchev–Trinajstić information content (AvgIpc) is 3.31. The highest BCUT2D eigenvalue weighted by molar-refractivity contribution is 5.84. The maximum Gasteiger partial charge on any atom is 0.242 e. The molecule has 0 spiro atoms. The normalized spacial score (nSPS) is 10.9. The number of carbonyl (C=O) groups is 2. The highest BCUT2D eigenvalue weighted by atomic mass is 19.1. The number of nitrogens with zero attached hydrogens (tertiary/aromatic N) is 3. The Bertz CT molecular complexity index is 1080. The van der Waals surface area contributed by atoms with Gasteiger partial charge >= 0.3 is 0 Å². The van der Waals surface area contributed by atoms with E-state index in [9.17, 15) is 14.0 Å². The maximum absolute atomic E-state index is 13.6. The molecule has 2 aromatic carbocycles. The lowest BCUT2D eigenvalue weighted by Crippen LogP contribution is -2.43. The van der Waals surface area contributed by atoms with Gasteiger partial charge in [0.25, 0.3) is 0 Å². The lowest BCUT2D eigenvalue weighted by atomic mass is 10.2. The van der Waals surface area contributed by atoms with E-state index in [1.165, 1.54) is 12.1 Å². The Morgan fingerprint density at radius 3 is 2.33 bits per heavy atom. The molecule has 0 saturated heterocycles. The highest BCUT2D eigenvalue weighted by Crippen LogP contribution is 2.15. The van der Waals surface area contributed by atoms with Crippen LogP contribution in [0.15, 0.2) is 72.9 Å². The van der Waals surface area contributed by atoms with E-state index in [4.69, 9.17) is 4.74 Å². The topological polar surface area (TPSA) is 54.8 Å². The Morgan fingerprint density at radius 2 is 1.64 bits per heavy atom. The fourth-order valence-corrected chi connectivity index (χ4v) is 4.09. The molecular weight excluding hydrogens is 457 g/mol. The lowest BCUT2D eigenvalue weighted by Gasteiger charge is -2.28. The van der Waals surface area contributed by atoms with Crippen LogP contribution in [0.25, 0.3) is 0 Å². The number of carbonyl (C=O) groups excluding carboxylic acids is 2. The van der Waals surface area contributed by atoms with Crippen molar-refractivity contribution < 1.29 is 18.7 Å². The fourth-order valence-electron chi connectivity index (χ4n) is 4.09. The van der Waals surface area contributed by atoms with Crippen LogP contribution in [-0.4, -0.2) is 53.0 Å². The Kier molecular flexibility index (Phi) is 10.7. The molecule has 0 atom stereocenters. The molecule has 0 aliphatic rings. The van der Waals surface area contributed by atoms with Crippen LogP contribution in [0, 0.1) is 5.82 Å². The third kappa shape index (κ3) is 8.34. The minimum absolute atomic E-state index is 0.0127. The van der Waals surface area contributed by atoms with Gasteiger partial charge in [0.05, 0.1) is 13.1 Å². The van der Waals surface area contributed by atoms with Crippen LogP contribution in [0.1, 0.15) is 43.0 Å². The van der Waals surface area contributed by atoms with E-state index in [0.717, 1.165) is 23.2 Å². The average molecular weight is 494 g/mol. The summed E-state index contributed by atoms with van der Waals surface area (Å²) in [4.78, 5) is 29.8. The molecule has 1 heterocycles. The molecule has 2 amide bonds. The third-order valence-corrected chi connectivity index (χ3v) is 6.03. The number of halogens is 1. The predicted octanol–water partition coefficient (Wildman–Crippen LogP) is 4.87. The van der Waals surface area contributed by atoms with Gasteiger partial charge in [-0.15, -0.1) is 0 Å². The number of rotatable bonds is 14. The Labute approximate surface area is 213 Å². The summed E-state index contributed by atoms with van der Waals surface area (Å²) >= 11 is 0. The number of methoxy groups -OCH3 is 1. The lowest BCUT2D eigenvalue weighted by molar-refractivity contribution is -0.141. The molecule has 1 aromatic heterocycles. The summed E-state index contributed by atoms with van der Waals surface area (Å²) in [5.74, 6) is -0.379. The van der Waals surface area contributed by atoms with Crippen LogP contribution in [0.3, 0.4) is 0 Å². The summed E-state index contributed by atoms with van der Waals surface area (Å²) in [6.45, 7) is 4.44. The van der Waals surface area contributed by atoms with Gasteiger partial charge in [0.15, 0.2) is 0 Å². The van der Waals surface area contributed by atoms with Crippen molar-refractivity contribution in [1.29, 1.82) is 0 Å². The second-order valence-corrected chi connectivity index (χ2v) is 8.90. The smallest absolute Gasteiger partial charge is 0.242 e. The maximum atomic E-state index is 13.6. The van der Waals surface area contributed by atoms with E-state index in [1.807, 2.05) is 55.6 Å². The number of aromatic nitrogens is 1. The summed E-state index contributed by atoms with van der Waals surface area (Å²) < 4.78 is 20.5. The van der Waals surface area contributed by atoms with Gasteiger partial charge in [-0.25, -0.2) is 4.39 Å². The van der Waals surface area contributed by atoms with Gasteiger partial charge in [-0.3, -0.25) is 9.59 Å². The van der Waals surface area contributed by atoms with Crippen LogP contribution in [0.4, 0.5) is 4.39 Å². The van der Waals surface area contributed by atoms with Crippen molar-refractivity contribution in [2.45, 2.75) is 45.8 Å². The van der Waals surface area contributed by atoms with E-state index in [0.29, 0.717) is 45.6 Å². The second-order valence-electron chi connectivity index (χ2n) is 8.90. The van der Waals surface area contributed by atoms with Gasteiger partial charge in [-0.1, -0.05) is 49.4 Å². The minimum atomic E-state index is -0.265. The molecule has 3 aromatic rings. The highest BCUT2D eigenvalue weighted by Gasteiger charge is 2.22. The van der Waals surface area contributed by atoms with E-state index < -0.39 is 0 Å². The quantitative estimate of drug-likeness (QED) is 0.301. The Morgan fingerprint density at radius 1 is 0.889 bits per heavy atom. The Balaban J connectivity index is 1.78. The number of amides is 2. The summed E-state index contributed by atoms with van der Waals surface area (Å²) in [7, 11) is 1.63. The molecule has 6 nitrogen and oxygen atoms in total. The second kappa shape index (κ2) is 14.2. The van der Waals surface area contributed by atoms with Crippen LogP contribution in [0.5, 0.6) is 0 Å². The van der Waals surface area contributed by atoms with Crippen molar-refractivity contribution in [1.82, 2.24) is 14.4 Å². The standard InChI is InChI=1S/C29H36FN3O3/c1-3-9-28(34)32(18-8-19-36-2)23-29(35)33(21-24-10-5-4-6-11-24)22-27-12-7-17-31(27)20-25-13-15-26(30)16-14-25/h4-7,10-17H,3,8-9,18-23H2,1-2H3. The molecule has 0 radical (unpaired) electrons. The first-order valence-electron chi connectivity index (χ1n) is 12.5. The predicted molar refractivity (Wildman–Crippen MR) is 139 cm³/mol. The zero-order chi connectivity index (χ0) is 25.8. The molecular formula is C29H36FN3O3. The van der Waals surface area contributed by atoms with Gasteiger partial charge in [-0.2, -0.15) is 0 Å². The molecule has 7 heteroatoms. The zero-order valence-corrected chi connectivity index (χ0v) is 21.2. The number of ether oxygens (including phenoxy) is 1. The minimum Gasteiger partial charge on any atom is -0.385 e. The zero-order valence-electron chi connectivity index (χ0n) is 21.2. The number of hydrogen-bond acceptors (Lipinski definition) is 3. The van der Waals surface area contributed by atoms with Crippen molar-refractivity contribution in [3.05, 3.63) is 95.6 Å². The molecule has 0 aliphatic carbocycles. The number of benzene rings is 2. The van der Waals surface area contributed by atoms with Crippen molar-refractivity contribution in [2.75, 3.05) is 26.8 Å². The van der Waals surface area contributed by atoms with Gasteiger partial charge in [0, 0.05) is 51.7 Å². The third-order valence-electron chi connectivity index (χ3n) is 6.03. The van der Waals surface area contributed by atoms with E-state index >= 15 is 0 Å². The van der Waals surface area contributed by atoms with Crippen molar-refractivity contribution >= 4 is 11.8 Å². The van der Waals surface area contributed by atoms with Gasteiger partial charge < -0.3 is 19.1 Å². The van der Waals surface area contributed by atoms with Crippen LogP contribution < -0.4 is 0 Å². The van der Waals surface area contributed by atoms with Crippen molar-refractivity contribution in [3.63, 3.8) is 0 Å². The first-order chi connectivity index (χ1) is 17.5. The SMILES string of the molecule is CCCC(=O)N(CCCOC)CC(=O)N(Cc1ccccc1)Cc1cccn1Cc1ccc(F)cc1. The first kappa shape index (κ1) is 27.1. The summed E-state index contributed by atoms with van der Waals surface area (Å²) in [5.41, 5.74) is 2.96. The summed E-state index contributed by atoms with van der Waals surface area (Å²) in [6, 6.07) is 20.2. The molecule has 36 heavy (non-hydrogen) atoms. The fraction of sp³-hybridized carbons (Fsp3) is 0.379. The molecule has 0 N–H and O–H groups in total. The van der Waals surface area contributed by atoms with Crippen LogP contribution in [0.2, 0.25) is 0 Å². The van der Waals surface area contributed by atoms with Crippen molar-refractivity contribution in [2.24, 2.45) is 0 Å². The largest absolute Gasteiger partial charge is 0.385 e. The van der Waals surface area contributed by atoms with Crippen LogP contribution >= 0.6 is 0 Å². The molecule has 192 valence electrons. The van der Waals surface area contributed by atoms with E-state index in [2.05, 4.69) is 4.57 Å². The Hall–Kier alpha value is -3.45.